The summed E-state index contributed by atoms with van der Waals surface area (Å²) in [5.41, 5.74) is 8.85. The van der Waals surface area contributed by atoms with Crippen LogP contribution in [0.15, 0.2) is 17.4 Å². The minimum Gasteiger partial charge on any atom is -0.408 e. The molecule has 1 aromatic heterocycles. The Labute approximate surface area is 201 Å². The van der Waals surface area contributed by atoms with E-state index in [1.54, 1.807) is 7.11 Å². The first-order valence-electron chi connectivity index (χ1n) is 12.5. The van der Waals surface area contributed by atoms with Crippen LogP contribution in [0.2, 0.25) is 0 Å². The van der Waals surface area contributed by atoms with Gasteiger partial charge in [0.1, 0.15) is 0 Å². The molecule has 5 rings (SSSR count). The predicted molar refractivity (Wildman–Crippen MR) is 126 cm³/mol. The molecule has 3 fully saturated rings. The summed E-state index contributed by atoms with van der Waals surface area (Å²) in [5, 5.41) is 12.5. The van der Waals surface area contributed by atoms with E-state index >= 15 is 0 Å². The molecule has 5 atom stereocenters. The van der Waals surface area contributed by atoms with E-state index in [2.05, 4.69) is 16.2 Å². The summed E-state index contributed by atoms with van der Waals surface area (Å²) >= 11 is 0. The number of carbonyl (C=O) groups is 1. The number of amides is 1. The van der Waals surface area contributed by atoms with E-state index in [0.29, 0.717) is 44.6 Å². The highest BCUT2D eigenvalue weighted by atomic mass is 16.5. The number of rotatable bonds is 4. The van der Waals surface area contributed by atoms with Gasteiger partial charge >= 0.3 is 0 Å². The largest absolute Gasteiger partial charge is 0.408 e. The number of fused-ring (bicyclic) bond motifs is 2. The van der Waals surface area contributed by atoms with Crippen molar-refractivity contribution in [3.63, 3.8) is 0 Å². The van der Waals surface area contributed by atoms with Gasteiger partial charge in [0.2, 0.25) is 11.9 Å². The van der Waals surface area contributed by atoms with E-state index in [1.807, 2.05) is 22.9 Å². The number of hydrogen-bond donors (Lipinski definition) is 2. The Kier molecular flexibility index (Phi) is 6.41. The Bertz CT molecular complexity index is 955. The molecule has 3 aliphatic heterocycles. The van der Waals surface area contributed by atoms with Crippen molar-refractivity contribution in [1.82, 2.24) is 14.8 Å². The minimum absolute atomic E-state index is 0.103. The van der Waals surface area contributed by atoms with Crippen molar-refractivity contribution in [2.75, 3.05) is 40.0 Å². The summed E-state index contributed by atoms with van der Waals surface area (Å²) in [4.78, 5) is 22.7. The van der Waals surface area contributed by atoms with E-state index in [-0.39, 0.29) is 23.9 Å². The molecule has 0 spiro atoms. The molecule has 1 saturated carbocycles. The molecule has 186 valence electrons. The molecule has 0 aromatic carbocycles. The molecular formula is C25H37N5O4. The zero-order valence-electron chi connectivity index (χ0n) is 20.3. The SMILES string of the molecule is COC1COCCC1C[C@@H]1C[C@H]2CN(/C(N)=N/O)C[C@@]2(C(=O)N2CCc3ncc(C)cc3C2)C1. The lowest BCUT2D eigenvalue weighted by molar-refractivity contribution is -0.144. The number of methoxy groups -OCH3 is 1. The molecule has 1 amide bonds. The Hall–Kier alpha value is -2.39. The van der Waals surface area contributed by atoms with Crippen LogP contribution in [0.25, 0.3) is 0 Å². The smallest absolute Gasteiger partial charge is 0.233 e. The molecule has 1 aliphatic carbocycles. The normalized spacial score (nSPS) is 33.6. The molecule has 34 heavy (non-hydrogen) atoms. The zero-order chi connectivity index (χ0) is 23.9. The number of likely N-dealkylation sites (tertiary alicyclic amines) is 1. The average Bonchev–Trinajstić information content (AvgIpc) is 3.37. The molecular weight excluding hydrogens is 434 g/mol. The molecule has 9 heteroatoms. The van der Waals surface area contributed by atoms with Gasteiger partial charge in [-0.05, 0) is 61.5 Å². The topological polar surface area (TPSA) is 114 Å². The standard InChI is InChI=1S/C25H37N5O4/c1-16-7-19-12-29(5-3-21(19)27-11-16)23(31)25-10-17(8-18-4-6-34-14-22(18)33-2)9-20(25)13-30(15-25)24(26)28-32/h7,11,17-18,20,22,32H,3-6,8-10,12-15H2,1-2H3,(H2,26,28)/t17-,18?,20+,22?,25+/m1/s1. The molecule has 4 aliphatic rings. The van der Waals surface area contributed by atoms with Crippen molar-refractivity contribution in [1.29, 1.82) is 0 Å². The van der Waals surface area contributed by atoms with Crippen molar-refractivity contribution in [2.24, 2.45) is 34.1 Å². The van der Waals surface area contributed by atoms with E-state index in [9.17, 15) is 10.0 Å². The highest BCUT2D eigenvalue weighted by molar-refractivity contribution is 5.87. The lowest BCUT2D eigenvalue weighted by Crippen LogP contribution is -2.49. The molecule has 0 radical (unpaired) electrons. The summed E-state index contributed by atoms with van der Waals surface area (Å²) in [7, 11) is 1.76. The van der Waals surface area contributed by atoms with E-state index < -0.39 is 5.41 Å². The number of pyridine rings is 1. The maximum absolute atomic E-state index is 14.2. The first-order chi connectivity index (χ1) is 16.4. The fourth-order valence-corrected chi connectivity index (χ4v) is 7.00. The Balaban J connectivity index is 1.37. The van der Waals surface area contributed by atoms with Gasteiger partial charge in [-0.3, -0.25) is 9.78 Å². The number of oxime groups is 1. The number of carbonyl (C=O) groups excluding carboxylic acids is 1. The van der Waals surface area contributed by atoms with Crippen LogP contribution in [0.5, 0.6) is 0 Å². The van der Waals surface area contributed by atoms with Crippen LogP contribution in [-0.2, 0) is 27.2 Å². The molecule has 3 N–H and O–H groups in total. The molecule has 9 nitrogen and oxygen atoms in total. The Morgan fingerprint density at radius 1 is 1.44 bits per heavy atom. The highest BCUT2D eigenvalue weighted by Crippen LogP contribution is 2.54. The van der Waals surface area contributed by atoms with Gasteiger partial charge in [0.05, 0.1) is 18.1 Å². The summed E-state index contributed by atoms with van der Waals surface area (Å²) in [6, 6.07) is 2.15. The van der Waals surface area contributed by atoms with Crippen molar-refractivity contribution in [3.8, 4) is 0 Å². The molecule has 1 aromatic rings. The summed E-state index contributed by atoms with van der Waals surface area (Å²) in [5.74, 6) is 1.44. The van der Waals surface area contributed by atoms with Gasteiger partial charge in [0.25, 0.3) is 0 Å². The third-order valence-corrected chi connectivity index (χ3v) is 8.66. The number of nitrogens with two attached hydrogens (primary N) is 1. The van der Waals surface area contributed by atoms with Crippen molar-refractivity contribution < 1.29 is 19.5 Å². The van der Waals surface area contributed by atoms with Crippen LogP contribution in [0.1, 0.15) is 42.5 Å². The number of hydrogen-bond acceptors (Lipinski definition) is 6. The van der Waals surface area contributed by atoms with Gasteiger partial charge in [-0.2, -0.15) is 0 Å². The van der Waals surface area contributed by atoms with Crippen LogP contribution in [0.3, 0.4) is 0 Å². The van der Waals surface area contributed by atoms with Crippen LogP contribution in [0.4, 0.5) is 0 Å². The number of aromatic nitrogens is 1. The third kappa shape index (κ3) is 4.13. The molecule has 2 unspecified atom stereocenters. The van der Waals surface area contributed by atoms with E-state index in [0.717, 1.165) is 55.5 Å². The van der Waals surface area contributed by atoms with Gasteiger partial charge in [0.15, 0.2) is 0 Å². The number of guanidine groups is 1. The van der Waals surface area contributed by atoms with Crippen LogP contribution < -0.4 is 5.73 Å². The summed E-state index contributed by atoms with van der Waals surface area (Å²) in [6.45, 7) is 5.94. The lowest BCUT2D eigenvalue weighted by Gasteiger charge is -2.37. The predicted octanol–water partition coefficient (Wildman–Crippen LogP) is 1.75. The van der Waals surface area contributed by atoms with Crippen LogP contribution >= 0.6 is 0 Å². The average molecular weight is 472 g/mol. The maximum Gasteiger partial charge on any atom is 0.233 e. The third-order valence-electron chi connectivity index (χ3n) is 8.66. The quantitative estimate of drug-likeness (QED) is 0.298. The first kappa shape index (κ1) is 23.4. The van der Waals surface area contributed by atoms with Gasteiger partial charge in [-0.15, -0.1) is 0 Å². The fourth-order valence-electron chi connectivity index (χ4n) is 7.00. The molecule has 2 saturated heterocycles. The maximum atomic E-state index is 14.2. The first-order valence-corrected chi connectivity index (χ1v) is 12.5. The number of ether oxygens (including phenoxy) is 2. The number of aryl methyl sites for hydroxylation is 1. The second-order valence-electron chi connectivity index (χ2n) is 10.7. The summed E-state index contributed by atoms with van der Waals surface area (Å²) in [6.07, 6.45) is 6.71. The summed E-state index contributed by atoms with van der Waals surface area (Å²) < 4.78 is 11.3. The molecule has 0 bridgehead atoms. The van der Waals surface area contributed by atoms with Gasteiger partial charge in [0, 0.05) is 58.2 Å². The van der Waals surface area contributed by atoms with Crippen LogP contribution in [0, 0.1) is 30.1 Å². The fraction of sp³-hybridized carbons (Fsp3) is 0.720. The second kappa shape index (κ2) is 9.34. The Morgan fingerprint density at radius 2 is 2.29 bits per heavy atom. The van der Waals surface area contributed by atoms with E-state index in [1.165, 1.54) is 0 Å². The van der Waals surface area contributed by atoms with Gasteiger partial charge in [-0.25, -0.2) is 0 Å². The molecule has 4 heterocycles. The lowest BCUT2D eigenvalue weighted by atomic mass is 9.78. The van der Waals surface area contributed by atoms with Crippen molar-refractivity contribution in [2.45, 2.75) is 51.7 Å². The highest BCUT2D eigenvalue weighted by Gasteiger charge is 2.59. The Morgan fingerprint density at radius 3 is 3.09 bits per heavy atom. The van der Waals surface area contributed by atoms with Gasteiger partial charge in [-0.1, -0.05) is 11.2 Å². The zero-order valence-corrected chi connectivity index (χ0v) is 20.3. The number of nitrogens with zero attached hydrogens (tertiary/aromatic N) is 4. The second-order valence-corrected chi connectivity index (χ2v) is 10.7. The van der Waals surface area contributed by atoms with Crippen molar-refractivity contribution >= 4 is 11.9 Å². The minimum atomic E-state index is -0.498. The van der Waals surface area contributed by atoms with Crippen LogP contribution in [-0.4, -0.2) is 77.9 Å². The van der Waals surface area contributed by atoms with Gasteiger partial charge < -0.3 is 30.2 Å². The van der Waals surface area contributed by atoms with E-state index in [4.69, 9.17) is 15.2 Å². The van der Waals surface area contributed by atoms with Crippen molar-refractivity contribution in [3.05, 3.63) is 29.1 Å². The monoisotopic (exact) mass is 471 g/mol.